The Balaban J connectivity index is 3.88. The molecule has 0 radical (unpaired) electrons. The van der Waals surface area contributed by atoms with E-state index in [9.17, 15) is 14.4 Å². The van der Waals surface area contributed by atoms with Crippen molar-refractivity contribution in [3.63, 3.8) is 0 Å². The number of nitrogens with two attached hydrogens (primary N) is 1. The summed E-state index contributed by atoms with van der Waals surface area (Å²) in [5.41, 5.74) is 5.62. The fourth-order valence-corrected chi connectivity index (χ4v) is 1.32. The monoisotopic (exact) mass is 262 g/mol. The molecule has 8 heteroatoms. The zero-order valence-electron chi connectivity index (χ0n) is 9.83. The highest BCUT2D eigenvalue weighted by Gasteiger charge is 2.20. The molecular formula is C10H18N2O6. The molecule has 0 heterocycles. The Morgan fingerprint density at radius 1 is 1.06 bits per heavy atom. The first kappa shape index (κ1) is 16.3. The summed E-state index contributed by atoms with van der Waals surface area (Å²) >= 11 is 0. The van der Waals surface area contributed by atoms with E-state index >= 15 is 0 Å². The first-order valence-electron chi connectivity index (χ1n) is 5.48. The van der Waals surface area contributed by atoms with E-state index in [0.29, 0.717) is 12.8 Å². The van der Waals surface area contributed by atoms with Gasteiger partial charge in [-0.3, -0.25) is 14.4 Å². The van der Waals surface area contributed by atoms with Crippen molar-refractivity contribution in [3.8, 4) is 0 Å². The smallest absolute Gasteiger partial charge is 0.321 e. The van der Waals surface area contributed by atoms with Gasteiger partial charge < -0.3 is 26.4 Å². The first-order chi connectivity index (χ1) is 8.32. The van der Waals surface area contributed by atoms with E-state index in [-0.39, 0.29) is 19.0 Å². The Labute approximate surface area is 104 Å². The molecule has 0 rings (SSSR count). The molecule has 0 spiro atoms. The van der Waals surface area contributed by atoms with Crippen molar-refractivity contribution in [1.29, 1.82) is 0 Å². The summed E-state index contributed by atoms with van der Waals surface area (Å²) in [6.45, 7) is 0.227. The van der Waals surface area contributed by atoms with E-state index in [1.807, 2.05) is 0 Å². The lowest BCUT2D eigenvalue weighted by molar-refractivity contribution is -0.145. The van der Waals surface area contributed by atoms with Crippen LogP contribution in [0.1, 0.15) is 25.7 Å². The fraction of sp³-hybridized carbons (Fsp3) is 0.700. The van der Waals surface area contributed by atoms with Crippen LogP contribution in [0.4, 0.5) is 0 Å². The van der Waals surface area contributed by atoms with Gasteiger partial charge in [0.1, 0.15) is 6.04 Å². The van der Waals surface area contributed by atoms with Gasteiger partial charge in [-0.15, -0.1) is 0 Å². The Hall–Kier alpha value is -1.67. The zero-order chi connectivity index (χ0) is 14.1. The third-order valence-corrected chi connectivity index (χ3v) is 2.31. The summed E-state index contributed by atoms with van der Waals surface area (Å²) in [4.78, 5) is 31.4. The molecule has 0 aliphatic heterocycles. The van der Waals surface area contributed by atoms with Crippen LogP contribution in [0.2, 0.25) is 0 Å². The average Bonchev–Trinajstić information content (AvgIpc) is 2.24. The van der Waals surface area contributed by atoms with Crippen molar-refractivity contribution >= 4 is 17.9 Å². The highest BCUT2D eigenvalue weighted by Crippen LogP contribution is 1.99. The van der Waals surface area contributed by atoms with Crippen LogP contribution in [0.25, 0.3) is 0 Å². The summed E-state index contributed by atoms with van der Waals surface area (Å²) in [5, 5.41) is 28.2. The largest absolute Gasteiger partial charge is 0.481 e. The topological polar surface area (TPSA) is 150 Å². The minimum Gasteiger partial charge on any atom is -0.481 e. The highest BCUT2D eigenvalue weighted by atomic mass is 16.4. The van der Waals surface area contributed by atoms with E-state index in [1.54, 1.807) is 0 Å². The second-order valence-corrected chi connectivity index (χ2v) is 3.92. The maximum Gasteiger partial charge on any atom is 0.321 e. The van der Waals surface area contributed by atoms with Crippen molar-refractivity contribution in [2.45, 2.75) is 37.8 Å². The van der Waals surface area contributed by atoms with Crippen LogP contribution in [0.3, 0.4) is 0 Å². The molecular weight excluding hydrogens is 244 g/mol. The lowest BCUT2D eigenvalue weighted by Gasteiger charge is -2.14. The molecule has 0 saturated heterocycles. The van der Waals surface area contributed by atoms with Gasteiger partial charge >= 0.3 is 17.9 Å². The Morgan fingerprint density at radius 3 is 2.11 bits per heavy atom. The number of hydrogen-bond donors (Lipinski definition) is 5. The number of aliphatic carboxylic acids is 3. The molecule has 2 atom stereocenters. The van der Waals surface area contributed by atoms with Crippen molar-refractivity contribution in [2.24, 2.45) is 5.73 Å². The molecule has 0 aliphatic rings. The molecule has 0 fully saturated rings. The third-order valence-electron chi connectivity index (χ3n) is 2.31. The average molecular weight is 262 g/mol. The zero-order valence-corrected chi connectivity index (χ0v) is 9.83. The molecule has 0 bridgehead atoms. The second-order valence-electron chi connectivity index (χ2n) is 3.92. The van der Waals surface area contributed by atoms with Crippen molar-refractivity contribution in [1.82, 2.24) is 5.32 Å². The van der Waals surface area contributed by atoms with Gasteiger partial charge in [0.2, 0.25) is 0 Å². The molecule has 0 saturated carbocycles. The molecule has 0 amide bonds. The minimum atomic E-state index is -1.24. The molecule has 2 unspecified atom stereocenters. The molecule has 6 N–H and O–H groups in total. The number of rotatable bonds is 10. The van der Waals surface area contributed by atoms with Crippen LogP contribution in [0.5, 0.6) is 0 Å². The summed E-state index contributed by atoms with van der Waals surface area (Å²) in [5.74, 6) is -3.38. The predicted octanol–water partition coefficient (Wildman–Crippen LogP) is -0.914. The van der Waals surface area contributed by atoms with Gasteiger partial charge in [-0.25, -0.2) is 0 Å². The summed E-state index contributed by atoms with van der Waals surface area (Å²) < 4.78 is 0. The van der Waals surface area contributed by atoms with Gasteiger partial charge in [-0.1, -0.05) is 0 Å². The number of carbonyl (C=O) groups is 3. The van der Waals surface area contributed by atoms with Crippen molar-refractivity contribution in [3.05, 3.63) is 0 Å². The van der Waals surface area contributed by atoms with E-state index in [2.05, 4.69) is 5.32 Å². The summed E-state index contributed by atoms with van der Waals surface area (Å²) in [6.07, 6.45) is 0.128. The molecule has 0 aromatic heterocycles. The standard InChI is InChI=1S/C10H18N2O6/c11-6(1-2-8(13)14)3-4-12-7(10(17)18)5-9(15)16/h6-7,12H,1-5,11H2,(H,13,14)(H,15,16)(H,17,18). The minimum absolute atomic E-state index is 0.0430. The lowest BCUT2D eigenvalue weighted by atomic mass is 10.1. The SMILES string of the molecule is NC(CCNC(CC(=O)O)C(=O)O)CCC(=O)O. The summed E-state index contributed by atoms with van der Waals surface area (Å²) in [6, 6.07) is -1.51. The Kier molecular flexibility index (Phi) is 7.64. The maximum absolute atomic E-state index is 10.7. The number of carboxylic acids is 3. The first-order valence-corrected chi connectivity index (χ1v) is 5.48. The third kappa shape index (κ3) is 8.48. The van der Waals surface area contributed by atoms with Gasteiger partial charge in [0.15, 0.2) is 0 Å². The van der Waals surface area contributed by atoms with Crippen LogP contribution < -0.4 is 11.1 Å². The van der Waals surface area contributed by atoms with Crippen LogP contribution >= 0.6 is 0 Å². The van der Waals surface area contributed by atoms with Crippen LogP contribution in [-0.4, -0.2) is 51.9 Å². The van der Waals surface area contributed by atoms with E-state index in [0.717, 1.165) is 0 Å². The van der Waals surface area contributed by atoms with E-state index in [4.69, 9.17) is 21.1 Å². The van der Waals surface area contributed by atoms with Gasteiger partial charge in [0.25, 0.3) is 0 Å². The number of hydrogen-bond acceptors (Lipinski definition) is 5. The fourth-order valence-electron chi connectivity index (χ4n) is 1.32. The summed E-state index contributed by atoms with van der Waals surface area (Å²) in [7, 11) is 0. The van der Waals surface area contributed by atoms with Gasteiger partial charge in [0, 0.05) is 12.5 Å². The molecule has 104 valence electrons. The van der Waals surface area contributed by atoms with E-state index in [1.165, 1.54) is 0 Å². The highest BCUT2D eigenvalue weighted by molar-refractivity contribution is 5.80. The molecule has 18 heavy (non-hydrogen) atoms. The van der Waals surface area contributed by atoms with Crippen LogP contribution in [0, 0.1) is 0 Å². The second kappa shape index (κ2) is 8.43. The molecule has 0 aromatic rings. The molecule has 8 nitrogen and oxygen atoms in total. The van der Waals surface area contributed by atoms with Gasteiger partial charge in [-0.2, -0.15) is 0 Å². The van der Waals surface area contributed by atoms with E-state index < -0.39 is 30.4 Å². The van der Waals surface area contributed by atoms with Crippen LogP contribution in [-0.2, 0) is 14.4 Å². The maximum atomic E-state index is 10.7. The van der Waals surface area contributed by atoms with Gasteiger partial charge in [0.05, 0.1) is 6.42 Å². The van der Waals surface area contributed by atoms with Gasteiger partial charge in [-0.05, 0) is 19.4 Å². The normalized spacial score (nSPS) is 13.8. The van der Waals surface area contributed by atoms with Crippen molar-refractivity contribution in [2.75, 3.05) is 6.54 Å². The molecule has 0 aliphatic carbocycles. The molecule has 0 aromatic carbocycles. The quantitative estimate of drug-likeness (QED) is 0.339. The Morgan fingerprint density at radius 2 is 1.67 bits per heavy atom. The lowest BCUT2D eigenvalue weighted by Crippen LogP contribution is -2.40. The number of carboxylic acid groups (broad SMARTS) is 3. The van der Waals surface area contributed by atoms with Crippen molar-refractivity contribution < 1.29 is 29.7 Å². The predicted molar refractivity (Wildman–Crippen MR) is 61.1 cm³/mol. The number of nitrogens with one attached hydrogen (secondary N) is 1. The van der Waals surface area contributed by atoms with Crippen LogP contribution in [0.15, 0.2) is 0 Å². The Bertz CT molecular complexity index is 307.